The number of halogens is 4. The second-order valence-corrected chi connectivity index (χ2v) is 6.58. The first kappa shape index (κ1) is 15.7. The fourth-order valence-corrected chi connectivity index (χ4v) is 3.22. The van der Waals surface area contributed by atoms with E-state index in [-0.39, 0.29) is 34.5 Å². The number of rotatable bonds is 3. The highest BCUT2D eigenvalue weighted by atomic mass is 35.5. The number of hydrogen-bond donors (Lipinski definition) is 1. The maximum atomic E-state index is 14.3. The Hall–Kier alpha value is -1.79. The number of nitrogens with one attached hydrogen (secondary N) is 1. The average Bonchev–Trinajstić information content (AvgIpc) is 3.35. The van der Waals surface area contributed by atoms with Crippen LogP contribution in [0.5, 0.6) is 0 Å². The minimum Gasteiger partial charge on any atom is -0.356 e. The van der Waals surface area contributed by atoms with Crippen molar-refractivity contribution in [2.45, 2.75) is 24.6 Å². The molecule has 2 aliphatic rings. The van der Waals surface area contributed by atoms with Gasteiger partial charge in [-0.05, 0) is 43.0 Å². The third-order valence-corrected chi connectivity index (χ3v) is 4.67. The van der Waals surface area contributed by atoms with Crippen molar-refractivity contribution >= 4 is 23.1 Å². The summed E-state index contributed by atoms with van der Waals surface area (Å²) in [6.07, 6.45) is -1.40. The van der Waals surface area contributed by atoms with Gasteiger partial charge in [-0.3, -0.25) is 0 Å². The van der Waals surface area contributed by atoms with Crippen molar-refractivity contribution in [2.75, 3.05) is 11.9 Å². The van der Waals surface area contributed by atoms with Crippen molar-refractivity contribution in [3.63, 3.8) is 0 Å². The van der Waals surface area contributed by atoms with Gasteiger partial charge >= 0.3 is 6.18 Å². The second-order valence-electron chi connectivity index (χ2n) is 6.15. The molecule has 1 atom stereocenters. The summed E-state index contributed by atoms with van der Waals surface area (Å²) in [6.45, 7) is 0.0554. The number of nitrogens with zero attached hydrogens (tertiary/aromatic N) is 1. The number of benzene rings is 1. The molecule has 4 rings (SSSR count). The lowest BCUT2D eigenvalue weighted by molar-refractivity contribution is -0.268. The highest BCUT2D eigenvalue weighted by molar-refractivity contribution is 6.30. The van der Waals surface area contributed by atoms with Crippen LogP contribution in [0.2, 0.25) is 5.02 Å². The number of fused-ring (bicyclic) bond motifs is 2. The summed E-state index contributed by atoms with van der Waals surface area (Å²) in [6, 6.07) is 7.27. The molecule has 2 heterocycles. The number of alkyl halides is 3. The van der Waals surface area contributed by atoms with Gasteiger partial charge in [0, 0.05) is 28.0 Å². The van der Waals surface area contributed by atoms with Gasteiger partial charge in [0.1, 0.15) is 5.82 Å². The topological polar surface area (TPSA) is 34.1 Å². The van der Waals surface area contributed by atoms with Crippen LogP contribution in [-0.2, 0) is 10.3 Å². The Morgan fingerprint density at radius 2 is 2.04 bits per heavy atom. The Morgan fingerprint density at radius 3 is 2.75 bits per heavy atom. The molecule has 1 N–H and O–H groups in total. The molecule has 3 nitrogen and oxygen atoms in total. The zero-order valence-electron chi connectivity index (χ0n) is 12.5. The quantitative estimate of drug-likeness (QED) is 0.840. The van der Waals surface area contributed by atoms with Crippen LogP contribution in [0.4, 0.5) is 24.7 Å². The molecule has 1 fully saturated rings. The van der Waals surface area contributed by atoms with Gasteiger partial charge in [-0.25, -0.2) is 4.98 Å². The zero-order valence-corrected chi connectivity index (χ0v) is 13.3. The molecule has 24 heavy (non-hydrogen) atoms. The SMILES string of the molecule is FC(F)(F)[C@]1(OCC2CC2)c2cc(Cl)ccc2Nc2ncccc21. The molecule has 0 spiro atoms. The molecule has 0 amide bonds. The van der Waals surface area contributed by atoms with Crippen LogP contribution in [0.25, 0.3) is 0 Å². The molecule has 1 aromatic carbocycles. The first-order valence-corrected chi connectivity index (χ1v) is 8.03. The number of pyridine rings is 1. The van der Waals surface area contributed by atoms with Crippen LogP contribution in [0.3, 0.4) is 0 Å². The highest BCUT2D eigenvalue weighted by Crippen LogP contribution is 2.55. The van der Waals surface area contributed by atoms with Crippen LogP contribution >= 0.6 is 11.6 Å². The third-order valence-electron chi connectivity index (χ3n) is 4.43. The number of hydrogen-bond acceptors (Lipinski definition) is 3. The lowest BCUT2D eigenvalue weighted by atomic mass is 9.82. The van der Waals surface area contributed by atoms with Gasteiger partial charge in [-0.15, -0.1) is 0 Å². The summed E-state index contributed by atoms with van der Waals surface area (Å²) in [5, 5.41) is 3.18. The first-order valence-electron chi connectivity index (χ1n) is 7.65. The van der Waals surface area contributed by atoms with Gasteiger partial charge in [0.05, 0.1) is 6.61 Å². The van der Waals surface area contributed by atoms with Gasteiger partial charge in [0.25, 0.3) is 0 Å². The molecule has 1 aromatic heterocycles. The summed E-state index contributed by atoms with van der Waals surface area (Å²) < 4.78 is 48.6. The van der Waals surface area contributed by atoms with Crippen molar-refractivity contribution in [3.05, 3.63) is 52.7 Å². The van der Waals surface area contributed by atoms with Crippen molar-refractivity contribution in [2.24, 2.45) is 5.92 Å². The number of aromatic nitrogens is 1. The van der Waals surface area contributed by atoms with E-state index in [9.17, 15) is 13.2 Å². The summed E-state index contributed by atoms with van der Waals surface area (Å²) >= 11 is 5.99. The third kappa shape index (κ3) is 2.36. The van der Waals surface area contributed by atoms with Crippen molar-refractivity contribution in [1.82, 2.24) is 4.98 Å². The van der Waals surface area contributed by atoms with E-state index in [1.165, 1.54) is 30.5 Å². The van der Waals surface area contributed by atoms with Gasteiger partial charge in [0.2, 0.25) is 5.60 Å². The lowest BCUT2D eigenvalue weighted by Gasteiger charge is -2.41. The Morgan fingerprint density at radius 1 is 1.25 bits per heavy atom. The smallest absolute Gasteiger partial charge is 0.356 e. The minimum absolute atomic E-state index is 0.0244. The predicted molar refractivity (Wildman–Crippen MR) is 84.5 cm³/mol. The predicted octanol–water partition coefficient (Wildman–Crippen LogP) is 5.02. The molecular formula is C17H14ClF3N2O. The van der Waals surface area contributed by atoms with Crippen molar-refractivity contribution in [3.8, 4) is 0 Å². The zero-order chi connectivity index (χ0) is 16.9. The van der Waals surface area contributed by atoms with E-state index in [1.807, 2.05) is 0 Å². The van der Waals surface area contributed by atoms with E-state index in [4.69, 9.17) is 16.3 Å². The molecule has 0 saturated heterocycles. The van der Waals surface area contributed by atoms with Crippen molar-refractivity contribution in [1.29, 1.82) is 0 Å². The van der Waals surface area contributed by atoms with Gasteiger partial charge in [-0.2, -0.15) is 13.2 Å². The van der Waals surface area contributed by atoms with E-state index in [2.05, 4.69) is 10.3 Å². The number of anilines is 2. The molecule has 1 aliphatic heterocycles. The van der Waals surface area contributed by atoms with Gasteiger partial charge < -0.3 is 10.1 Å². The van der Waals surface area contributed by atoms with Gasteiger partial charge in [0.15, 0.2) is 0 Å². The molecule has 126 valence electrons. The lowest BCUT2D eigenvalue weighted by Crippen LogP contribution is -2.48. The van der Waals surface area contributed by atoms with Crippen LogP contribution in [0.15, 0.2) is 36.5 Å². The van der Waals surface area contributed by atoms with Gasteiger partial charge in [-0.1, -0.05) is 17.7 Å². The van der Waals surface area contributed by atoms with Crippen molar-refractivity contribution < 1.29 is 17.9 Å². The second kappa shape index (κ2) is 5.36. The van der Waals surface area contributed by atoms with E-state index in [0.29, 0.717) is 5.69 Å². The summed E-state index contributed by atoms with van der Waals surface area (Å²) in [4.78, 5) is 4.07. The average molecular weight is 355 g/mol. The summed E-state index contributed by atoms with van der Waals surface area (Å²) in [5.41, 5.74) is -2.32. The molecule has 2 aromatic rings. The van der Waals surface area contributed by atoms with Crippen LogP contribution < -0.4 is 5.32 Å². The summed E-state index contributed by atoms with van der Waals surface area (Å²) in [5.74, 6) is 0.335. The fraction of sp³-hybridized carbons (Fsp3) is 0.353. The molecule has 0 radical (unpaired) electrons. The molecule has 0 unspecified atom stereocenters. The van der Waals surface area contributed by atoms with E-state index in [0.717, 1.165) is 12.8 Å². The highest BCUT2D eigenvalue weighted by Gasteiger charge is 2.62. The Bertz CT molecular complexity index is 792. The summed E-state index contributed by atoms with van der Waals surface area (Å²) in [7, 11) is 0. The minimum atomic E-state index is -4.65. The maximum absolute atomic E-state index is 14.3. The largest absolute Gasteiger partial charge is 0.426 e. The first-order chi connectivity index (χ1) is 11.4. The number of ether oxygens (including phenoxy) is 1. The molecular weight excluding hydrogens is 341 g/mol. The Labute approximate surface area is 141 Å². The normalized spacial score (nSPS) is 22.5. The Balaban J connectivity index is 1.96. The van der Waals surface area contributed by atoms with E-state index >= 15 is 0 Å². The van der Waals surface area contributed by atoms with Crippen LogP contribution in [0.1, 0.15) is 24.0 Å². The monoisotopic (exact) mass is 354 g/mol. The molecule has 0 bridgehead atoms. The van der Waals surface area contributed by atoms with E-state index in [1.54, 1.807) is 6.07 Å². The Kier molecular flexibility index (Phi) is 3.51. The molecule has 7 heteroatoms. The molecule has 1 saturated carbocycles. The standard InChI is InChI=1S/C17H14ClF3N2O/c18-11-5-6-14-13(8-11)16(17(19,20)21,24-9-10-3-4-10)12-2-1-7-22-15(12)23-14/h1-2,5-8,10H,3-4,9H2,(H,22,23)/t16-/m1/s1. The maximum Gasteiger partial charge on any atom is 0.426 e. The van der Waals surface area contributed by atoms with E-state index < -0.39 is 11.8 Å². The molecule has 1 aliphatic carbocycles. The van der Waals surface area contributed by atoms with Crippen LogP contribution in [-0.4, -0.2) is 17.8 Å². The fourth-order valence-electron chi connectivity index (χ4n) is 3.05. The van der Waals surface area contributed by atoms with Crippen LogP contribution in [0, 0.1) is 5.92 Å².